The zero-order valence-electron chi connectivity index (χ0n) is 12.9. The number of halogens is 1. The predicted molar refractivity (Wildman–Crippen MR) is 104 cm³/mol. The zero-order chi connectivity index (χ0) is 16.1. The molecule has 0 saturated carbocycles. The first-order valence-electron chi connectivity index (χ1n) is 7.78. The minimum absolute atomic E-state index is 0.812. The molecule has 5 heteroatoms. The first-order valence-corrected chi connectivity index (χ1v) is 8.98. The molecule has 1 heterocycles. The van der Waals surface area contributed by atoms with Crippen LogP contribution >= 0.6 is 28.1 Å². The van der Waals surface area contributed by atoms with Gasteiger partial charge in [-0.15, -0.1) is 0 Å². The van der Waals surface area contributed by atoms with Gasteiger partial charge < -0.3 is 10.2 Å². The van der Waals surface area contributed by atoms with Crippen molar-refractivity contribution in [1.82, 2.24) is 9.80 Å². The molecule has 2 aromatic carbocycles. The molecule has 0 bridgehead atoms. The topological polar surface area (TPSA) is 18.5 Å². The number of hydrogen-bond acceptors (Lipinski definition) is 2. The van der Waals surface area contributed by atoms with Gasteiger partial charge in [0.05, 0.1) is 0 Å². The maximum absolute atomic E-state index is 5.54. The molecular weight excluding hydrogens is 370 g/mol. The molecule has 0 aliphatic carbocycles. The quantitative estimate of drug-likeness (QED) is 0.800. The summed E-state index contributed by atoms with van der Waals surface area (Å²) in [7, 11) is 0. The summed E-state index contributed by atoms with van der Waals surface area (Å²) < 4.78 is 1.07. The molecule has 1 fully saturated rings. The Morgan fingerprint density at radius 2 is 1.61 bits per heavy atom. The standard InChI is InChI=1S/C18H20BrN3S/c19-16-6-8-17(9-7-16)20-18(23)22-12-10-21(11-13-22)14-15-4-2-1-3-5-15/h1-9H,10-14H2,(H,20,23). The van der Waals surface area contributed by atoms with E-state index in [1.54, 1.807) is 0 Å². The number of nitrogens with zero attached hydrogens (tertiary/aromatic N) is 2. The van der Waals surface area contributed by atoms with Gasteiger partial charge in [0, 0.05) is 42.9 Å². The van der Waals surface area contributed by atoms with Gasteiger partial charge in [-0.05, 0) is 42.0 Å². The molecule has 3 rings (SSSR count). The lowest BCUT2D eigenvalue weighted by molar-refractivity contribution is 0.177. The zero-order valence-corrected chi connectivity index (χ0v) is 15.3. The minimum Gasteiger partial charge on any atom is -0.346 e. The highest BCUT2D eigenvalue weighted by molar-refractivity contribution is 9.10. The number of nitrogens with one attached hydrogen (secondary N) is 1. The first kappa shape index (κ1) is 16.4. The smallest absolute Gasteiger partial charge is 0.173 e. The van der Waals surface area contributed by atoms with E-state index in [0.717, 1.165) is 48.0 Å². The van der Waals surface area contributed by atoms with Gasteiger partial charge >= 0.3 is 0 Å². The van der Waals surface area contributed by atoms with Crippen molar-refractivity contribution in [1.29, 1.82) is 0 Å². The lowest BCUT2D eigenvalue weighted by Gasteiger charge is -2.36. The SMILES string of the molecule is S=C(Nc1ccc(Br)cc1)N1CCN(Cc2ccccc2)CC1. The second-order valence-electron chi connectivity index (χ2n) is 5.69. The summed E-state index contributed by atoms with van der Waals surface area (Å²) >= 11 is 8.99. The van der Waals surface area contributed by atoms with Gasteiger partial charge in [-0.1, -0.05) is 46.3 Å². The number of piperazine rings is 1. The van der Waals surface area contributed by atoms with Crippen molar-refractivity contribution in [2.24, 2.45) is 0 Å². The van der Waals surface area contributed by atoms with Gasteiger partial charge in [-0.2, -0.15) is 0 Å². The third-order valence-electron chi connectivity index (χ3n) is 4.00. The Labute approximate surface area is 151 Å². The number of benzene rings is 2. The first-order chi connectivity index (χ1) is 11.2. The summed E-state index contributed by atoms with van der Waals surface area (Å²) in [6, 6.07) is 18.7. The van der Waals surface area contributed by atoms with Crippen LogP contribution in [0.15, 0.2) is 59.1 Å². The van der Waals surface area contributed by atoms with Crippen molar-refractivity contribution in [3.63, 3.8) is 0 Å². The molecule has 1 aliphatic rings. The summed E-state index contributed by atoms with van der Waals surface area (Å²) in [6.45, 7) is 5.03. The number of rotatable bonds is 3. The third-order valence-corrected chi connectivity index (χ3v) is 4.89. The van der Waals surface area contributed by atoms with E-state index in [1.165, 1.54) is 5.56 Å². The Kier molecular flexibility index (Phi) is 5.65. The Morgan fingerprint density at radius 3 is 2.26 bits per heavy atom. The van der Waals surface area contributed by atoms with Gasteiger partial charge in [0.15, 0.2) is 5.11 Å². The number of thiocarbonyl (C=S) groups is 1. The molecule has 1 N–H and O–H groups in total. The highest BCUT2D eigenvalue weighted by Gasteiger charge is 2.18. The van der Waals surface area contributed by atoms with E-state index in [9.17, 15) is 0 Å². The van der Waals surface area contributed by atoms with E-state index in [4.69, 9.17) is 12.2 Å². The maximum Gasteiger partial charge on any atom is 0.173 e. The Bertz CT molecular complexity index is 637. The van der Waals surface area contributed by atoms with E-state index in [2.05, 4.69) is 61.4 Å². The summed E-state index contributed by atoms with van der Waals surface area (Å²) in [5, 5.41) is 4.13. The van der Waals surface area contributed by atoms with Crippen LogP contribution in [-0.4, -0.2) is 41.1 Å². The number of anilines is 1. The molecular formula is C18H20BrN3S. The molecule has 23 heavy (non-hydrogen) atoms. The summed E-state index contributed by atoms with van der Waals surface area (Å²) in [6.07, 6.45) is 0. The molecule has 3 nitrogen and oxygen atoms in total. The van der Waals surface area contributed by atoms with E-state index in [1.807, 2.05) is 24.3 Å². The van der Waals surface area contributed by atoms with Crippen LogP contribution in [0.4, 0.5) is 5.69 Å². The monoisotopic (exact) mass is 389 g/mol. The fourth-order valence-electron chi connectivity index (χ4n) is 2.69. The molecule has 0 unspecified atom stereocenters. The normalized spacial score (nSPS) is 15.4. The van der Waals surface area contributed by atoms with Crippen LogP contribution in [0.5, 0.6) is 0 Å². The fourth-order valence-corrected chi connectivity index (χ4v) is 3.25. The van der Waals surface area contributed by atoms with Crippen molar-refractivity contribution >= 4 is 38.9 Å². The molecule has 2 aromatic rings. The van der Waals surface area contributed by atoms with Crippen LogP contribution in [0.3, 0.4) is 0 Å². The van der Waals surface area contributed by atoms with Crippen molar-refractivity contribution < 1.29 is 0 Å². The summed E-state index contributed by atoms with van der Waals surface area (Å²) in [4.78, 5) is 4.73. The third kappa shape index (κ3) is 4.77. The Morgan fingerprint density at radius 1 is 0.957 bits per heavy atom. The number of hydrogen-bond donors (Lipinski definition) is 1. The highest BCUT2D eigenvalue weighted by atomic mass is 79.9. The summed E-state index contributed by atoms with van der Waals surface area (Å²) in [5.41, 5.74) is 2.40. The van der Waals surface area contributed by atoms with Gasteiger partial charge in [0.1, 0.15) is 0 Å². The molecule has 120 valence electrons. The largest absolute Gasteiger partial charge is 0.346 e. The Balaban J connectivity index is 1.48. The van der Waals surface area contributed by atoms with Crippen LogP contribution < -0.4 is 5.32 Å². The molecule has 0 atom stereocenters. The van der Waals surface area contributed by atoms with Crippen molar-refractivity contribution in [2.75, 3.05) is 31.5 Å². The molecule has 0 radical (unpaired) electrons. The predicted octanol–water partition coefficient (Wildman–Crippen LogP) is 3.96. The van der Waals surface area contributed by atoms with Gasteiger partial charge in [-0.3, -0.25) is 4.90 Å². The van der Waals surface area contributed by atoms with Crippen LogP contribution in [-0.2, 0) is 6.54 Å². The average Bonchev–Trinajstić information content (AvgIpc) is 2.58. The van der Waals surface area contributed by atoms with Gasteiger partial charge in [0.25, 0.3) is 0 Å². The molecule has 0 aromatic heterocycles. The summed E-state index contributed by atoms with van der Waals surface area (Å²) in [5.74, 6) is 0. The van der Waals surface area contributed by atoms with Crippen LogP contribution in [0, 0.1) is 0 Å². The van der Waals surface area contributed by atoms with E-state index in [-0.39, 0.29) is 0 Å². The molecule has 0 amide bonds. The molecule has 1 aliphatic heterocycles. The van der Waals surface area contributed by atoms with Crippen LogP contribution in [0.2, 0.25) is 0 Å². The Hall–Kier alpha value is -1.43. The molecule has 1 saturated heterocycles. The van der Waals surface area contributed by atoms with Gasteiger partial charge in [0.2, 0.25) is 0 Å². The van der Waals surface area contributed by atoms with Crippen molar-refractivity contribution in [3.8, 4) is 0 Å². The van der Waals surface area contributed by atoms with E-state index in [0.29, 0.717) is 0 Å². The minimum atomic E-state index is 0.812. The highest BCUT2D eigenvalue weighted by Crippen LogP contribution is 2.15. The second-order valence-corrected chi connectivity index (χ2v) is 6.99. The van der Waals surface area contributed by atoms with Crippen molar-refractivity contribution in [3.05, 3.63) is 64.6 Å². The molecule has 0 spiro atoms. The van der Waals surface area contributed by atoms with Crippen LogP contribution in [0.1, 0.15) is 5.56 Å². The van der Waals surface area contributed by atoms with Gasteiger partial charge in [-0.25, -0.2) is 0 Å². The lowest BCUT2D eigenvalue weighted by atomic mass is 10.2. The lowest BCUT2D eigenvalue weighted by Crippen LogP contribution is -2.49. The van der Waals surface area contributed by atoms with E-state index >= 15 is 0 Å². The van der Waals surface area contributed by atoms with Crippen LogP contribution in [0.25, 0.3) is 0 Å². The average molecular weight is 390 g/mol. The maximum atomic E-state index is 5.54. The second kappa shape index (κ2) is 7.90. The van der Waals surface area contributed by atoms with E-state index < -0.39 is 0 Å². The fraction of sp³-hybridized carbons (Fsp3) is 0.278. The van der Waals surface area contributed by atoms with Crippen molar-refractivity contribution in [2.45, 2.75) is 6.54 Å².